The van der Waals surface area contributed by atoms with Gasteiger partial charge in [-0.25, -0.2) is 0 Å². The van der Waals surface area contributed by atoms with Crippen molar-refractivity contribution in [3.05, 3.63) is 24.3 Å². The number of unbranched alkanes of at least 4 members (excludes halogenated alkanes) is 33. The van der Waals surface area contributed by atoms with Crippen LogP contribution in [-0.2, 0) is 23.8 Å². The van der Waals surface area contributed by atoms with E-state index in [4.69, 9.17) is 14.2 Å². The van der Waals surface area contributed by atoms with Gasteiger partial charge in [0.2, 0.25) is 0 Å². The van der Waals surface area contributed by atoms with Crippen LogP contribution in [0.3, 0.4) is 0 Å². The first-order valence-corrected chi connectivity index (χ1v) is 25.9. The molecule has 0 N–H and O–H groups in total. The van der Waals surface area contributed by atoms with E-state index in [1.165, 1.54) is 186 Å². The second-order valence-corrected chi connectivity index (χ2v) is 17.4. The quantitative estimate of drug-likeness (QED) is 0.0348. The molecule has 0 heterocycles. The van der Waals surface area contributed by atoms with Gasteiger partial charge in [0.1, 0.15) is 19.3 Å². The van der Waals surface area contributed by atoms with E-state index >= 15 is 0 Å². The second-order valence-electron chi connectivity index (χ2n) is 17.4. The first-order chi connectivity index (χ1) is 28.6. The van der Waals surface area contributed by atoms with Crippen molar-refractivity contribution in [2.75, 3.05) is 19.8 Å². The number of allylic oxidation sites excluding steroid dienone is 4. The predicted octanol–water partition coefficient (Wildman–Crippen LogP) is 17.2. The van der Waals surface area contributed by atoms with Crippen molar-refractivity contribution >= 4 is 11.9 Å². The summed E-state index contributed by atoms with van der Waals surface area (Å²) < 4.78 is 17.4. The molecule has 0 aromatic rings. The number of hydrogen-bond acceptors (Lipinski definition) is 5. The number of ether oxygens (including phenoxy) is 3. The van der Waals surface area contributed by atoms with Crippen LogP contribution in [0.25, 0.3) is 0 Å². The Balaban J connectivity index is 4.22. The first kappa shape index (κ1) is 56.4. The number of carbonyl (C=O) groups excluding carboxylic acids is 2. The maximum atomic E-state index is 12.6. The third kappa shape index (κ3) is 47.1. The lowest BCUT2D eigenvalue weighted by Crippen LogP contribution is -2.29. The minimum absolute atomic E-state index is 0.155. The third-order valence-electron chi connectivity index (χ3n) is 11.5. The Bertz CT molecular complexity index is 882. The molecule has 0 bridgehead atoms. The van der Waals surface area contributed by atoms with Crippen molar-refractivity contribution in [1.29, 1.82) is 0 Å². The topological polar surface area (TPSA) is 61.8 Å². The van der Waals surface area contributed by atoms with Crippen LogP contribution in [0.4, 0.5) is 0 Å². The van der Waals surface area contributed by atoms with Crippen LogP contribution in [-0.4, -0.2) is 37.9 Å². The Morgan fingerprint density at radius 2 is 0.621 bits per heavy atom. The fourth-order valence-corrected chi connectivity index (χ4v) is 7.52. The largest absolute Gasteiger partial charge is 0.463 e. The molecule has 0 aliphatic heterocycles. The van der Waals surface area contributed by atoms with E-state index in [-0.39, 0.29) is 25.2 Å². The smallest absolute Gasteiger partial charge is 0.305 e. The molecule has 0 rings (SSSR count). The zero-order valence-electron chi connectivity index (χ0n) is 39.3. The fourth-order valence-electron chi connectivity index (χ4n) is 7.52. The fraction of sp³-hybridized carbons (Fsp3) is 0.887. The van der Waals surface area contributed by atoms with Crippen molar-refractivity contribution in [3.8, 4) is 0 Å². The molecule has 0 aliphatic carbocycles. The number of hydrogen-bond donors (Lipinski definition) is 0. The lowest BCUT2D eigenvalue weighted by Gasteiger charge is -2.18. The Kier molecular flexibility index (Phi) is 48.4. The summed E-state index contributed by atoms with van der Waals surface area (Å²) in [6.45, 7) is 7.71. The Morgan fingerprint density at radius 1 is 0.345 bits per heavy atom. The molecule has 0 fully saturated rings. The standard InChI is InChI=1S/C53H100O5/c1-4-7-10-13-16-19-22-24-26-28-30-33-36-39-42-45-48-56-51(49-57-52(54)46-43-40-37-34-31-21-18-15-12-9-6-3)50-58-53(55)47-44-41-38-35-32-29-27-25-23-20-17-14-11-8-5-2/h15,18,25,27,51H,4-14,16-17,19-24,26,28-50H2,1-3H3/b18-15-,27-25-/t51-/m0/s1. The Labute approximate surface area is 362 Å². The van der Waals surface area contributed by atoms with Crippen molar-refractivity contribution in [3.63, 3.8) is 0 Å². The highest BCUT2D eigenvalue weighted by Gasteiger charge is 2.16. The average Bonchev–Trinajstić information content (AvgIpc) is 3.23. The van der Waals surface area contributed by atoms with E-state index < -0.39 is 6.10 Å². The van der Waals surface area contributed by atoms with Crippen molar-refractivity contribution < 1.29 is 23.8 Å². The van der Waals surface area contributed by atoms with Crippen molar-refractivity contribution in [2.45, 2.75) is 284 Å². The van der Waals surface area contributed by atoms with Gasteiger partial charge in [0.25, 0.3) is 0 Å². The van der Waals surface area contributed by atoms with Gasteiger partial charge in [-0.05, 0) is 64.2 Å². The average molecular weight is 817 g/mol. The molecule has 0 aliphatic rings. The summed E-state index contributed by atoms with van der Waals surface area (Å²) in [5, 5.41) is 0. The van der Waals surface area contributed by atoms with Gasteiger partial charge in [-0.1, -0.05) is 225 Å². The summed E-state index contributed by atoms with van der Waals surface area (Å²) in [5.41, 5.74) is 0. The van der Waals surface area contributed by atoms with Crippen molar-refractivity contribution in [1.82, 2.24) is 0 Å². The van der Waals surface area contributed by atoms with Crippen LogP contribution < -0.4 is 0 Å². The van der Waals surface area contributed by atoms with E-state index in [0.717, 1.165) is 57.8 Å². The maximum Gasteiger partial charge on any atom is 0.305 e. The molecule has 0 saturated heterocycles. The molecule has 5 heteroatoms. The summed E-state index contributed by atoms with van der Waals surface area (Å²) in [6.07, 6.45) is 57.7. The van der Waals surface area contributed by atoms with Crippen LogP contribution in [0.2, 0.25) is 0 Å². The molecule has 0 unspecified atom stereocenters. The lowest BCUT2D eigenvalue weighted by atomic mass is 10.0. The SMILES string of the molecule is CCCC/C=C\CCCCCCCC(=O)OC[C@@H](COC(=O)CCCCCCC/C=C\CCCCCCCC)OCCCCCCCCCCCCCCCCCC. The summed E-state index contributed by atoms with van der Waals surface area (Å²) in [7, 11) is 0. The van der Waals surface area contributed by atoms with Crippen LogP contribution in [0.15, 0.2) is 24.3 Å². The molecule has 0 aromatic carbocycles. The Morgan fingerprint density at radius 3 is 0.966 bits per heavy atom. The molecule has 342 valence electrons. The van der Waals surface area contributed by atoms with E-state index in [2.05, 4.69) is 45.1 Å². The van der Waals surface area contributed by atoms with Crippen LogP contribution in [0.1, 0.15) is 278 Å². The summed E-state index contributed by atoms with van der Waals surface area (Å²) >= 11 is 0. The summed E-state index contributed by atoms with van der Waals surface area (Å²) in [6, 6.07) is 0. The molecule has 58 heavy (non-hydrogen) atoms. The van der Waals surface area contributed by atoms with Gasteiger partial charge < -0.3 is 14.2 Å². The van der Waals surface area contributed by atoms with Gasteiger partial charge in [0.05, 0.1) is 0 Å². The van der Waals surface area contributed by atoms with Gasteiger partial charge in [-0.2, -0.15) is 0 Å². The van der Waals surface area contributed by atoms with Crippen molar-refractivity contribution in [2.24, 2.45) is 0 Å². The highest BCUT2D eigenvalue weighted by Crippen LogP contribution is 2.15. The number of esters is 2. The van der Waals surface area contributed by atoms with Gasteiger partial charge >= 0.3 is 11.9 Å². The van der Waals surface area contributed by atoms with Gasteiger partial charge in [-0.3, -0.25) is 9.59 Å². The number of carbonyl (C=O) groups is 2. The van der Waals surface area contributed by atoms with E-state index in [1.54, 1.807) is 0 Å². The maximum absolute atomic E-state index is 12.6. The predicted molar refractivity (Wildman–Crippen MR) is 252 cm³/mol. The van der Waals surface area contributed by atoms with Crippen LogP contribution in [0.5, 0.6) is 0 Å². The lowest BCUT2D eigenvalue weighted by molar-refractivity contribution is -0.155. The molecule has 0 radical (unpaired) electrons. The van der Waals surface area contributed by atoms with Crippen LogP contribution >= 0.6 is 0 Å². The minimum atomic E-state index is -0.399. The molecule has 1 atom stereocenters. The molecule has 0 saturated carbocycles. The van der Waals surface area contributed by atoms with Gasteiger partial charge in [0, 0.05) is 19.4 Å². The second kappa shape index (κ2) is 49.7. The monoisotopic (exact) mass is 817 g/mol. The number of rotatable bonds is 48. The van der Waals surface area contributed by atoms with E-state index in [9.17, 15) is 9.59 Å². The molecule has 0 spiro atoms. The molecule has 0 amide bonds. The highest BCUT2D eigenvalue weighted by molar-refractivity contribution is 5.69. The van der Waals surface area contributed by atoms with Gasteiger partial charge in [0.15, 0.2) is 0 Å². The highest BCUT2D eigenvalue weighted by atomic mass is 16.6. The molecule has 5 nitrogen and oxygen atoms in total. The van der Waals surface area contributed by atoms with Crippen LogP contribution in [0, 0.1) is 0 Å². The van der Waals surface area contributed by atoms with E-state index in [1.807, 2.05) is 0 Å². The molecular weight excluding hydrogens is 717 g/mol. The first-order valence-electron chi connectivity index (χ1n) is 25.9. The minimum Gasteiger partial charge on any atom is -0.463 e. The van der Waals surface area contributed by atoms with E-state index in [0.29, 0.717) is 19.4 Å². The summed E-state index contributed by atoms with van der Waals surface area (Å²) in [4.78, 5) is 25.1. The Hall–Kier alpha value is -1.62. The zero-order chi connectivity index (χ0) is 42.1. The normalized spacial score (nSPS) is 12.3. The summed E-state index contributed by atoms with van der Waals surface area (Å²) in [5.74, 6) is -0.342. The zero-order valence-corrected chi connectivity index (χ0v) is 39.3. The van der Waals surface area contributed by atoms with Gasteiger partial charge in [-0.15, -0.1) is 0 Å². The molecule has 0 aromatic heterocycles. The molecular formula is C53H100O5. The third-order valence-corrected chi connectivity index (χ3v) is 11.5.